The topological polar surface area (TPSA) is 38.3 Å². The molecule has 0 spiro atoms. The lowest BCUT2D eigenvalue weighted by molar-refractivity contribution is -0.124. The van der Waals surface area contributed by atoms with E-state index in [1.54, 1.807) is 11.3 Å². The highest BCUT2D eigenvalue weighted by Crippen LogP contribution is 2.25. The molecule has 0 aliphatic rings. The van der Waals surface area contributed by atoms with Gasteiger partial charge in [0.25, 0.3) is 5.91 Å². The SMILES string of the molecule is CC(C)C(NC(=O)COc1cccc(I)c1)c1cccs1. The number of carbonyl (C=O) groups is 1. The van der Waals surface area contributed by atoms with Gasteiger partial charge in [0.15, 0.2) is 6.61 Å². The standard InChI is InChI=1S/C16H18INO2S/c1-11(2)16(14-7-4-8-21-14)18-15(19)10-20-13-6-3-5-12(17)9-13/h3-9,11,16H,10H2,1-2H3,(H,18,19). The molecule has 0 aliphatic heterocycles. The Morgan fingerprint density at radius 1 is 1.33 bits per heavy atom. The number of benzene rings is 1. The Hall–Kier alpha value is -1.08. The molecule has 1 atom stereocenters. The smallest absolute Gasteiger partial charge is 0.258 e. The van der Waals surface area contributed by atoms with E-state index in [2.05, 4.69) is 47.8 Å². The lowest BCUT2D eigenvalue weighted by Gasteiger charge is -2.21. The molecule has 1 heterocycles. The zero-order valence-electron chi connectivity index (χ0n) is 12.0. The first-order valence-corrected chi connectivity index (χ1v) is 8.73. The van der Waals surface area contributed by atoms with E-state index in [9.17, 15) is 4.79 Å². The van der Waals surface area contributed by atoms with E-state index in [4.69, 9.17) is 4.74 Å². The number of hydrogen-bond donors (Lipinski definition) is 1. The number of ether oxygens (including phenoxy) is 1. The van der Waals surface area contributed by atoms with Crippen molar-refractivity contribution >= 4 is 39.8 Å². The molecule has 1 aromatic carbocycles. The maximum absolute atomic E-state index is 12.1. The van der Waals surface area contributed by atoms with Gasteiger partial charge in [-0.3, -0.25) is 4.79 Å². The van der Waals surface area contributed by atoms with E-state index >= 15 is 0 Å². The normalized spacial score (nSPS) is 12.2. The molecule has 1 amide bonds. The van der Waals surface area contributed by atoms with Crippen molar-refractivity contribution in [3.05, 3.63) is 50.2 Å². The van der Waals surface area contributed by atoms with Crippen LogP contribution in [-0.4, -0.2) is 12.5 Å². The summed E-state index contributed by atoms with van der Waals surface area (Å²) in [6.45, 7) is 4.24. The van der Waals surface area contributed by atoms with Gasteiger partial charge in [-0.2, -0.15) is 0 Å². The van der Waals surface area contributed by atoms with Crippen LogP contribution in [0.3, 0.4) is 0 Å². The van der Waals surface area contributed by atoms with E-state index in [-0.39, 0.29) is 18.6 Å². The molecule has 0 aliphatic carbocycles. The van der Waals surface area contributed by atoms with Gasteiger partial charge >= 0.3 is 0 Å². The second-order valence-electron chi connectivity index (χ2n) is 5.05. The zero-order valence-corrected chi connectivity index (χ0v) is 15.0. The highest BCUT2D eigenvalue weighted by molar-refractivity contribution is 14.1. The van der Waals surface area contributed by atoms with E-state index in [1.165, 1.54) is 4.88 Å². The van der Waals surface area contributed by atoms with Gasteiger partial charge in [0.2, 0.25) is 0 Å². The Labute approximate surface area is 142 Å². The average molecular weight is 415 g/mol. The number of rotatable bonds is 6. The molecular formula is C16H18INO2S. The van der Waals surface area contributed by atoms with Crippen LogP contribution in [0.25, 0.3) is 0 Å². The van der Waals surface area contributed by atoms with Crippen LogP contribution in [0.2, 0.25) is 0 Å². The summed E-state index contributed by atoms with van der Waals surface area (Å²) in [7, 11) is 0. The third-order valence-corrected chi connectivity index (χ3v) is 4.63. The first kappa shape index (κ1) is 16.3. The molecule has 1 N–H and O–H groups in total. The van der Waals surface area contributed by atoms with Crippen molar-refractivity contribution in [3.63, 3.8) is 0 Å². The second-order valence-corrected chi connectivity index (χ2v) is 7.28. The molecule has 2 rings (SSSR count). The summed E-state index contributed by atoms with van der Waals surface area (Å²) in [5.41, 5.74) is 0. The fourth-order valence-corrected chi connectivity index (χ4v) is 3.42. The number of halogens is 1. The molecule has 1 aromatic heterocycles. The lowest BCUT2D eigenvalue weighted by atomic mass is 10.0. The van der Waals surface area contributed by atoms with Crippen molar-refractivity contribution in [3.8, 4) is 5.75 Å². The molecule has 1 unspecified atom stereocenters. The number of carbonyl (C=O) groups excluding carboxylic acids is 1. The summed E-state index contributed by atoms with van der Waals surface area (Å²) in [6, 6.07) is 11.8. The van der Waals surface area contributed by atoms with Crippen molar-refractivity contribution in [1.82, 2.24) is 5.32 Å². The quantitative estimate of drug-likeness (QED) is 0.717. The van der Waals surface area contributed by atoms with Crippen LogP contribution >= 0.6 is 33.9 Å². The first-order valence-electron chi connectivity index (χ1n) is 6.77. The van der Waals surface area contributed by atoms with Crippen molar-refractivity contribution in [2.24, 2.45) is 5.92 Å². The fourth-order valence-electron chi connectivity index (χ4n) is 1.96. The summed E-state index contributed by atoms with van der Waals surface area (Å²) >= 11 is 3.88. The molecule has 0 radical (unpaired) electrons. The monoisotopic (exact) mass is 415 g/mol. The third kappa shape index (κ3) is 5.00. The molecule has 112 valence electrons. The van der Waals surface area contributed by atoms with Crippen LogP contribution in [0.5, 0.6) is 5.75 Å². The van der Waals surface area contributed by atoms with E-state index in [0.29, 0.717) is 11.7 Å². The minimum absolute atomic E-state index is 0.0364. The Morgan fingerprint density at radius 3 is 2.76 bits per heavy atom. The Bertz CT molecular complexity index is 584. The predicted octanol–water partition coefficient (Wildman–Crippen LogP) is 4.25. The molecule has 5 heteroatoms. The molecule has 0 fully saturated rings. The summed E-state index contributed by atoms with van der Waals surface area (Å²) in [5, 5.41) is 5.08. The minimum atomic E-state index is -0.0963. The molecule has 0 saturated heterocycles. The van der Waals surface area contributed by atoms with Gasteiger partial charge in [0, 0.05) is 8.45 Å². The molecule has 0 bridgehead atoms. The average Bonchev–Trinajstić information content (AvgIpc) is 2.96. The third-order valence-electron chi connectivity index (χ3n) is 3.00. The van der Waals surface area contributed by atoms with Crippen LogP contribution in [0.1, 0.15) is 24.8 Å². The van der Waals surface area contributed by atoms with Crippen LogP contribution in [-0.2, 0) is 4.79 Å². The van der Waals surface area contributed by atoms with Crippen molar-refractivity contribution in [1.29, 1.82) is 0 Å². The number of amides is 1. The van der Waals surface area contributed by atoms with Crippen molar-refractivity contribution in [2.75, 3.05) is 6.61 Å². The van der Waals surface area contributed by atoms with Crippen LogP contribution in [0.15, 0.2) is 41.8 Å². The number of hydrogen-bond acceptors (Lipinski definition) is 3. The predicted molar refractivity (Wildman–Crippen MR) is 94.7 cm³/mol. The molecule has 0 saturated carbocycles. The van der Waals surface area contributed by atoms with E-state index < -0.39 is 0 Å². The maximum Gasteiger partial charge on any atom is 0.258 e. The highest BCUT2D eigenvalue weighted by Gasteiger charge is 2.19. The van der Waals surface area contributed by atoms with Gasteiger partial charge in [-0.25, -0.2) is 0 Å². The first-order chi connectivity index (χ1) is 10.1. The molecule has 21 heavy (non-hydrogen) atoms. The summed E-state index contributed by atoms with van der Waals surface area (Å²) in [5.74, 6) is 0.959. The highest BCUT2D eigenvalue weighted by atomic mass is 127. The molecule has 2 aromatic rings. The lowest BCUT2D eigenvalue weighted by Crippen LogP contribution is -2.34. The van der Waals surface area contributed by atoms with E-state index in [0.717, 1.165) is 3.57 Å². The summed E-state index contributed by atoms with van der Waals surface area (Å²) in [6.07, 6.45) is 0. The second kappa shape index (κ2) is 7.79. The van der Waals surface area contributed by atoms with Crippen molar-refractivity contribution < 1.29 is 9.53 Å². The van der Waals surface area contributed by atoms with E-state index in [1.807, 2.05) is 35.7 Å². The van der Waals surface area contributed by atoms with Crippen LogP contribution < -0.4 is 10.1 Å². The van der Waals surface area contributed by atoms with Crippen LogP contribution in [0.4, 0.5) is 0 Å². The Morgan fingerprint density at radius 2 is 2.14 bits per heavy atom. The molecule has 3 nitrogen and oxygen atoms in total. The van der Waals surface area contributed by atoms with Gasteiger partial charge in [0.05, 0.1) is 6.04 Å². The van der Waals surface area contributed by atoms with Gasteiger partial charge in [-0.1, -0.05) is 26.0 Å². The summed E-state index contributed by atoms with van der Waals surface area (Å²) in [4.78, 5) is 13.3. The van der Waals surface area contributed by atoms with Gasteiger partial charge in [-0.05, 0) is 58.2 Å². The Balaban J connectivity index is 1.91. The van der Waals surface area contributed by atoms with Crippen molar-refractivity contribution in [2.45, 2.75) is 19.9 Å². The van der Waals surface area contributed by atoms with Gasteiger partial charge in [-0.15, -0.1) is 11.3 Å². The molecular weight excluding hydrogens is 397 g/mol. The van der Waals surface area contributed by atoms with Crippen LogP contribution in [0, 0.1) is 9.49 Å². The Kier molecular flexibility index (Phi) is 6.05. The minimum Gasteiger partial charge on any atom is -0.484 e. The maximum atomic E-state index is 12.1. The van der Waals surface area contributed by atoms with Gasteiger partial charge in [0.1, 0.15) is 5.75 Å². The zero-order chi connectivity index (χ0) is 15.2. The largest absolute Gasteiger partial charge is 0.484 e. The van der Waals surface area contributed by atoms with Gasteiger partial charge < -0.3 is 10.1 Å². The number of nitrogens with one attached hydrogen (secondary N) is 1. The summed E-state index contributed by atoms with van der Waals surface area (Å²) < 4.78 is 6.62. The number of thiophene rings is 1. The fraction of sp³-hybridized carbons (Fsp3) is 0.312.